The van der Waals surface area contributed by atoms with Gasteiger partial charge in [-0.15, -0.1) is 0 Å². The fraction of sp³-hybridized carbons (Fsp3) is 0.0769. The number of nitrogens with one attached hydrogen (secondary N) is 1. The summed E-state index contributed by atoms with van der Waals surface area (Å²) in [7, 11) is 1.63. The molecule has 5 rings (SSSR count). The highest BCUT2D eigenvalue weighted by atomic mass is 16.5. The molecule has 0 atom stereocenters. The van der Waals surface area contributed by atoms with E-state index in [0.29, 0.717) is 22.8 Å². The van der Waals surface area contributed by atoms with Crippen LogP contribution in [0.2, 0.25) is 0 Å². The van der Waals surface area contributed by atoms with Crippen molar-refractivity contribution in [1.29, 1.82) is 0 Å². The predicted octanol–water partition coefficient (Wildman–Crippen LogP) is 5.72. The summed E-state index contributed by atoms with van der Waals surface area (Å²) in [6.45, 7) is 2.02. The summed E-state index contributed by atoms with van der Waals surface area (Å²) in [6, 6.07) is 25.4. The van der Waals surface area contributed by atoms with Crippen LogP contribution in [0.25, 0.3) is 27.7 Å². The van der Waals surface area contributed by atoms with Crippen LogP contribution in [0.3, 0.4) is 0 Å². The van der Waals surface area contributed by atoms with Crippen LogP contribution in [0.5, 0.6) is 5.75 Å². The lowest BCUT2D eigenvalue weighted by atomic mass is 10.1. The minimum absolute atomic E-state index is 0.190. The number of para-hydroxylation sites is 1. The van der Waals surface area contributed by atoms with Gasteiger partial charge in [0.15, 0.2) is 0 Å². The third-order valence-electron chi connectivity index (χ3n) is 5.39. The molecule has 0 saturated heterocycles. The number of methoxy groups -OCH3 is 1. The number of imidazole rings is 1. The molecular formula is C26H21N3O2. The van der Waals surface area contributed by atoms with Crippen LogP contribution in [0.4, 0.5) is 5.82 Å². The Morgan fingerprint density at radius 2 is 1.71 bits per heavy atom. The van der Waals surface area contributed by atoms with Gasteiger partial charge in [-0.2, -0.15) is 0 Å². The first-order chi connectivity index (χ1) is 15.1. The zero-order chi connectivity index (χ0) is 21.4. The molecule has 0 aliphatic carbocycles. The molecule has 2 aromatic heterocycles. The number of fused-ring (bicyclic) bond motifs is 2. The van der Waals surface area contributed by atoms with Crippen molar-refractivity contribution >= 4 is 28.1 Å². The summed E-state index contributed by atoms with van der Waals surface area (Å²) in [4.78, 5) is 18.0. The van der Waals surface area contributed by atoms with Gasteiger partial charge in [-0.25, -0.2) is 4.98 Å². The molecule has 5 heteroatoms. The van der Waals surface area contributed by atoms with Crippen LogP contribution >= 0.6 is 0 Å². The van der Waals surface area contributed by atoms with E-state index in [1.54, 1.807) is 7.11 Å². The van der Waals surface area contributed by atoms with Gasteiger partial charge in [0, 0.05) is 17.3 Å². The Kier molecular flexibility index (Phi) is 4.64. The number of benzene rings is 3. The van der Waals surface area contributed by atoms with Gasteiger partial charge in [0.2, 0.25) is 0 Å². The normalized spacial score (nSPS) is 11.0. The van der Waals surface area contributed by atoms with Crippen LogP contribution in [0, 0.1) is 6.92 Å². The van der Waals surface area contributed by atoms with Crippen molar-refractivity contribution in [2.45, 2.75) is 6.92 Å². The van der Waals surface area contributed by atoms with E-state index in [2.05, 4.69) is 5.32 Å². The van der Waals surface area contributed by atoms with E-state index < -0.39 is 0 Å². The highest BCUT2D eigenvalue weighted by Gasteiger charge is 2.20. The molecule has 1 amide bonds. The second kappa shape index (κ2) is 7.61. The minimum atomic E-state index is -0.190. The monoisotopic (exact) mass is 407 g/mol. The molecule has 0 bridgehead atoms. The zero-order valence-corrected chi connectivity index (χ0v) is 17.3. The van der Waals surface area contributed by atoms with Crippen molar-refractivity contribution in [3.8, 4) is 17.0 Å². The predicted molar refractivity (Wildman–Crippen MR) is 124 cm³/mol. The first-order valence-corrected chi connectivity index (χ1v) is 10.1. The van der Waals surface area contributed by atoms with Crippen molar-refractivity contribution in [3.05, 3.63) is 96.2 Å². The number of carbonyl (C=O) groups is 1. The van der Waals surface area contributed by atoms with E-state index in [1.807, 2.05) is 96.4 Å². The Bertz CT molecular complexity index is 1440. The van der Waals surface area contributed by atoms with Crippen LogP contribution in [-0.4, -0.2) is 22.4 Å². The first kappa shape index (κ1) is 18.9. The Balaban J connectivity index is 1.63. The maximum absolute atomic E-state index is 13.2. The SMILES string of the molecule is COc1ccccc1-c1nc2cc(C)ccn2c1NC(=O)c1ccc2ccccc2c1. The summed E-state index contributed by atoms with van der Waals surface area (Å²) in [5.41, 5.74) is 3.93. The molecule has 0 spiro atoms. The van der Waals surface area contributed by atoms with Crippen molar-refractivity contribution < 1.29 is 9.53 Å². The van der Waals surface area contributed by atoms with E-state index in [0.717, 1.165) is 27.5 Å². The minimum Gasteiger partial charge on any atom is -0.496 e. The fourth-order valence-corrected chi connectivity index (χ4v) is 3.80. The third kappa shape index (κ3) is 3.40. The molecule has 0 aliphatic heterocycles. The van der Waals surface area contributed by atoms with Gasteiger partial charge in [-0.3, -0.25) is 9.20 Å². The van der Waals surface area contributed by atoms with E-state index in [9.17, 15) is 4.79 Å². The molecule has 0 fully saturated rings. The van der Waals surface area contributed by atoms with Gasteiger partial charge in [-0.1, -0.05) is 42.5 Å². The summed E-state index contributed by atoms with van der Waals surface area (Å²) in [5.74, 6) is 1.12. The van der Waals surface area contributed by atoms with Gasteiger partial charge in [-0.05, 0) is 59.7 Å². The van der Waals surface area contributed by atoms with Gasteiger partial charge < -0.3 is 10.1 Å². The number of aryl methyl sites for hydroxylation is 1. The van der Waals surface area contributed by atoms with Gasteiger partial charge in [0.05, 0.1) is 7.11 Å². The van der Waals surface area contributed by atoms with Gasteiger partial charge in [0.25, 0.3) is 5.91 Å². The Morgan fingerprint density at radius 1 is 0.935 bits per heavy atom. The van der Waals surface area contributed by atoms with Crippen molar-refractivity contribution in [3.63, 3.8) is 0 Å². The highest BCUT2D eigenvalue weighted by Crippen LogP contribution is 2.35. The molecule has 5 aromatic rings. The van der Waals surface area contributed by atoms with Crippen LogP contribution in [0.15, 0.2) is 85.1 Å². The number of anilines is 1. The molecule has 1 N–H and O–H groups in total. The van der Waals surface area contributed by atoms with E-state index in [4.69, 9.17) is 9.72 Å². The Morgan fingerprint density at radius 3 is 2.55 bits per heavy atom. The Labute approximate surface area is 179 Å². The van der Waals surface area contributed by atoms with Crippen molar-refractivity contribution in [1.82, 2.24) is 9.38 Å². The molecule has 152 valence electrons. The number of hydrogen-bond acceptors (Lipinski definition) is 3. The molecule has 3 aromatic carbocycles. The number of hydrogen-bond donors (Lipinski definition) is 1. The van der Waals surface area contributed by atoms with E-state index in [-0.39, 0.29) is 5.91 Å². The summed E-state index contributed by atoms with van der Waals surface area (Å²) < 4.78 is 7.45. The van der Waals surface area contributed by atoms with Gasteiger partial charge in [0.1, 0.15) is 22.9 Å². The topological polar surface area (TPSA) is 55.6 Å². The quantitative estimate of drug-likeness (QED) is 0.414. The molecule has 0 aliphatic rings. The lowest BCUT2D eigenvalue weighted by Crippen LogP contribution is -2.14. The van der Waals surface area contributed by atoms with Crippen LogP contribution in [0.1, 0.15) is 15.9 Å². The Hall–Kier alpha value is -4.12. The number of amides is 1. The van der Waals surface area contributed by atoms with Crippen molar-refractivity contribution in [2.24, 2.45) is 0 Å². The first-order valence-electron chi connectivity index (χ1n) is 10.1. The standard InChI is InChI=1S/C26H21N3O2/c1-17-13-14-29-23(15-17)27-24(21-9-5-6-10-22(21)31-2)25(29)28-26(30)20-12-11-18-7-3-4-8-19(18)16-20/h3-16H,1-2H3,(H,28,30). The molecule has 0 unspecified atom stereocenters. The average molecular weight is 407 g/mol. The lowest BCUT2D eigenvalue weighted by Gasteiger charge is -2.11. The van der Waals surface area contributed by atoms with Gasteiger partial charge >= 0.3 is 0 Å². The number of ether oxygens (including phenoxy) is 1. The second-order valence-electron chi connectivity index (χ2n) is 7.46. The smallest absolute Gasteiger partial charge is 0.256 e. The number of carbonyl (C=O) groups excluding carboxylic acids is 1. The third-order valence-corrected chi connectivity index (χ3v) is 5.39. The number of rotatable bonds is 4. The number of aromatic nitrogens is 2. The molecule has 0 radical (unpaired) electrons. The number of pyridine rings is 1. The average Bonchev–Trinajstić information content (AvgIpc) is 3.15. The second-order valence-corrected chi connectivity index (χ2v) is 7.46. The van der Waals surface area contributed by atoms with Crippen LogP contribution < -0.4 is 10.1 Å². The van der Waals surface area contributed by atoms with Crippen LogP contribution in [-0.2, 0) is 0 Å². The maximum atomic E-state index is 13.2. The van der Waals surface area contributed by atoms with E-state index >= 15 is 0 Å². The highest BCUT2D eigenvalue weighted by molar-refractivity contribution is 6.07. The summed E-state index contributed by atoms with van der Waals surface area (Å²) in [5, 5.41) is 5.21. The lowest BCUT2D eigenvalue weighted by molar-refractivity contribution is 0.102. The largest absolute Gasteiger partial charge is 0.496 e. The summed E-state index contributed by atoms with van der Waals surface area (Å²) in [6.07, 6.45) is 1.92. The summed E-state index contributed by atoms with van der Waals surface area (Å²) >= 11 is 0. The fourth-order valence-electron chi connectivity index (χ4n) is 3.80. The molecular weight excluding hydrogens is 386 g/mol. The number of nitrogens with zero attached hydrogens (tertiary/aromatic N) is 2. The molecule has 2 heterocycles. The zero-order valence-electron chi connectivity index (χ0n) is 17.3. The van der Waals surface area contributed by atoms with E-state index in [1.165, 1.54) is 0 Å². The van der Waals surface area contributed by atoms with Crippen molar-refractivity contribution in [2.75, 3.05) is 12.4 Å². The molecule has 0 saturated carbocycles. The maximum Gasteiger partial charge on any atom is 0.256 e. The molecule has 31 heavy (non-hydrogen) atoms. The molecule has 5 nitrogen and oxygen atoms in total.